The fourth-order valence-corrected chi connectivity index (χ4v) is 13.2. The third-order valence-electron chi connectivity index (χ3n) is 15.1. The molecule has 0 bridgehead atoms. The molecule has 9 aromatic carbocycles. The van der Waals surface area contributed by atoms with Gasteiger partial charge in [0.15, 0.2) is 0 Å². The Labute approximate surface area is 342 Å². The fraction of sp³-hybridized carbons (Fsp3) is 0. The molecular formula is C54H28B2N4. The summed E-state index contributed by atoms with van der Waals surface area (Å²) in [6.07, 6.45) is 0. The smallest absolute Gasteiger partial charge is 0.252 e. The predicted octanol–water partition coefficient (Wildman–Crippen LogP) is 8.36. The number of aromatic nitrogens is 4. The van der Waals surface area contributed by atoms with Crippen LogP contribution in [-0.2, 0) is 0 Å². The van der Waals surface area contributed by atoms with E-state index in [-0.39, 0.29) is 13.4 Å². The number of para-hydroxylation sites is 8. The first-order valence-corrected chi connectivity index (χ1v) is 21.2. The van der Waals surface area contributed by atoms with Crippen molar-refractivity contribution in [3.8, 4) is 22.7 Å². The zero-order valence-electron chi connectivity index (χ0n) is 32.1. The van der Waals surface area contributed by atoms with Crippen molar-refractivity contribution in [2.75, 3.05) is 0 Å². The maximum atomic E-state index is 2.69. The summed E-state index contributed by atoms with van der Waals surface area (Å²) in [5, 5.41) is 10.5. The van der Waals surface area contributed by atoms with E-state index in [9.17, 15) is 0 Å². The summed E-state index contributed by atoms with van der Waals surface area (Å²) in [5.74, 6) is 0. The average Bonchev–Trinajstić information content (AvgIpc) is 4.04. The van der Waals surface area contributed by atoms with Gasteiger partial charge in [0.1, 0.15) is 0 Å². The molecule has 4 aromatic heterocycles. The SMILES string of the molecule is c1ccc2c(c1)c1cccc3c1n2-c1c2c(c4c5c1-n1c6ccccc6c6cccc(c61)B5c1cccc5c6ccccc6n-4c15)-n1c4ccccc4c4cccc(c41)B23. The third kappa shape index (κ3) is 2.93. The molecule has 6 heteroatoms. The van der Waals surface area contributed by atoms with Crippen LogP contribution in [0.25, 0.3) is 110 Å². The number of rotatable bonds is 0. The molecule has 0 saturated carbocycles. The molecule has 0 atom stereocenters. The second kappa shape index (κ2) is 9.60. The Bertz CT molecular complexity index is 3730. The first kappa shape index (κ1) is 29.5. The molecule has 60 heavy (non-hydrogen) atoms. The topological polar surface area (TPSA) is 19.7 Å². The zero-order chi connectivity index (χ0) is 38.3. The van der Waals surface area contributed by atoms with Gasteiger partial charge in [0.2, 0.25) is 0 Å². The van der Waals surface area contributed by atoms with Crippen LogP contribution in [0.15, 0.2) is 170 Å². The summed E-state index contributed by atoms with van der Waals surface area (Å²) < 4.78 is 10.8. The van der Waals surface area contributed by atoms with Crippen LogP contribution in [0, 0.1) is 0 Å². The lowest BCUT2D eigenvalue weighted by Gasteiger charge is -2.42. The van der Waals surface area contributed by atoms with E-state index in [2.05, 4.69) is 188 Å². The summed E-state index contributed by atoms with van der Waals surface area (Å²) >= 11 is 0. The molecule has 4 aliphatic rings. The van der Waals surface area contributed by atoms with Crippen LogP contribution in [0.5, 0.6) is 0 Å². The molecule has 13 aromatic rings. The standard InChI is InChI=1S/C54H28B2N4/c1-5-25-41-29(13-1)33-17-9-21-37-47(33)57(41)51-45-53(59-43-27-7-3-15-31(43)34-18-10-22-38(48(34)59)55(37)45)54-46-52(51)58-42-26-6-2-14-30(42)35-19-11-23-39(49(35)58)56(46)40-24-12-20-36-32-16-4-8-28-44(32)60(54)50(36)40/h1-28H. The van der Waals surface area contributed by atoms with Gasteiger partial charge < -0.3 is 18.3 Å². The van der Waals surface area contributed by atoms with Gasteiger partial charge in [-0.25, -0.2) is 0 Å². The summed E-state index contributed by atoms with van der Waals surface area (Å²) in [4.78, 5) is 0. The molecule has 0 fully saturated rings. The maximum Gasteiger partial charge on any atom is 0.252 e. The van der Waals surface area contributed by atoms with Crippen molar-refractivity contribution in [1.82, 2.24) is 18.3 Å². The predicted molar refractivity (Wildman–Crippen MR) is 253 cm³/mol. The van der Waals surface area contributed by atoms with Crippen LogP contribution in [-0.4, -0.2) is 31.7 Å². The van der Waals surface area contributed by atoms with Gasteiger partial charge in [-0.3, -0.25) is 0 Å². The minimum Gasteiger partial charge on any atom is -0.308 e. The largest absolute Gasteiger partial charge is 0.308 e. The number of nitrogens with zero attached hydrogens (tertiary/aromatic N) is 4. The first-order valence-electron chi connectivity index (χ1n) is 21.2. The Morgan fingerprint density at radius 1 is 0.233 bits per heavy atom. The number of hydrogen-bond donors (Lipinski definition) is 0. The highest BCUT2D eigenvalue weighted by Crippen LogP contribution is 2.47. The van der Waals surface area contributed by atoms with Gasteiger partial charge in [0, 0.05) is 65.2 Å². The van der Waals surface area contributed by atoms with Crippen LogP contribution in [0.1, 0.15) is 0 Å². The molecule has 4 nitrogen and oxygen atoms in total. The highest BCUT2D eigenvalue weighted by Gasteiger charge is 2.50. The van der Waals surface area contributed by atoms with Crippen LogP contribution in [0.3, 0.4) is 0 Å². The van der Waals surface area contributed by atoms with Crippen molar-refractivity contribution in [3.63, 3.8) is 0 Å². The molecule has 0 saturated heterocycles. The van der Waals surface area contributed by atoms with E-state index in [1.165, 1.54) is 143 Å². The number of benzene rings is 9. The highest BCUT2D eigenvalue weighted by atomic mass is 15.1. The van der Waals surface area contributed by atoms with Crippen molar-refractivity contribution in [2.45, 2.75) is 0 Å². The van der Waals surface area contributed by atoms with Gasteiger partial charge in [0.05, 0.1) is 44.8 Å². The maximum absolute atomic E-state index is 2.69. The van der Waals surface area contributed by atoms with Crippen molar-refractivity contribution in [3.05, 3.63) is 170 Å². The molecule has 17 rings (SSSR count). The molecule has 0 radical (unpaired) electrons. The van der Waals surface area contributed by atoms with E-state index in [0.717, 1.165) is 0 Å². The molecule has 0 aliphatic carbocycles. The molecule has 270 valence electrons. The van der Waals surface area contributed by atoms with Gasteiger partial charge in [-0.15, -0.1) is 0 Å². The molecule has 4 aliphatic heterocycles. The lowest BCUT2D eigenvalue weighted by atomic mass is 9.31. The lowest BCUT2D eigenvalue weighted by Crippen LogP contribution is -2.64. The summed E-state index contributed by atoms with van der Waals surface area (Å²) in [7, 11) is 0. The van der Waals surface area contributed by atoms with Crippen molar-refractivity contribution in [2.24, 2.45) is 0 Å². The summed E-state index contributed by atoms with van der Waals surface area (Å²) in [5.41, 5.74) is 23.9. The van der Waals surface area contributed by atoms with Gasteiger partial charge >= 0.3 is 0 Å². The van der Waals surface area contributed by atoms with Crippen LogP contribution in [0.2, 0.25) is 0 Å². The number of hydrogen-bond acceptors (Lipinski definition) is 0. The Hall–Kier alpha value is -7.69. The molecule has 0 unspecified atom stereocenters. The van der Waals surface area contributed by atoms with E-state index < -0.39 is 0 Å². The molecule has 0 spiro atoms. The summed E-state index contributed by atoms with van der Waals surface area (Å²) in [6.45, 7) is 0.0278. The normalized spacial score (nSPS) is 13.9. The molecular weight excluding hydrogens is 726 g/mol. The molecule has 0 amide bonds. The van der Waals surface area contributed by atoms with E-state index >= 15 is 0 Å². The van der Waals surface area contributed by atoms with Crippen LogP contribution >= 0.6 is 0 Å². The van der Waals surface area contributed by atoms with Crippen molar-refractivity contribution in [1.29, 1.82) is 0 Å². The number of fused-ring (bicyclic) bond motifs is 22. The Kier molecular flexibility index (Phi) is 4.72. The minimum absolute atomic E-state index is 0.0139. The quantitative estimate of drug-likeness (QED) is 0.139. The third-order valence-corrected chi connectivity index (χ3v) is 15.1. The average molecular weight is 754 g/mol. The monoisotopic (exact) mass is 754 g/mol. The molecule has 0 N–H and O–H groups in total. The van der Waals surface area contributed by atoms with E-state index in [1.54, 1.807) is 0 Å². The first-order chi connectivity index (χ1) is 29.9. The Morgan fingerprint density at radius 2 is 0.467 bits per heavy atom. The fourth-order valence-electron chi connectivity index (χ4n) is 13.2. The van der Waals surface area contributed by atoms with E-state index in [0.29, 0.717) is 0 Å². The van der Waals surface area contributed by atoms with Gasteiger partial charge in [0.25, 0.3) is 13.4 Å². The van der Waals surface area contributed by atoms with Gasteiger partial charge in [-0.1, -0.05) is 146 Å². The zero-order valence-corrected chi connectivity index (χ0v) is 32.1. The van der Waals surface area contributed by atoms with Gasteiger partial charge in [-0.05, 0) is 57.0 Å². The van der Waals surface area contributed by atoms with E-state index in [4.69, 9.17) is 0 Å². The van der Waals surface area contributed by atoms with Crippen molar-refractivity contribution < 1.29 is 0 Å². The van der Waals surface area contributed by atoms with E-state index in [1.807, 2.05) is 0 Å². The Balaban J connectivity index is 1.25. The minimum atomic E-state index is 0.0139. The van der Waals surface area contributed by atoms with Crippen molar-refractivity contribution >= 4 is 133 Å². The second-order valence-electron chi connectivity index (χ2n) is 17.5. The lowest BCUT2D eigenvalue weighted by molar-refractivity contribution is 1.06. The summed E-state index contributed by atoms with van der Waals surface area (Å²) in [6, 6.07) is 64.9. The Morgan fingerprint density at radius 3 is 0.733 bits per heavy atom. The second-order valence-corrected chi connectivity index (χ2v) is 17.5. The molecule has 8 heterocycles. The van der Waals surface area contributed by atoms with Crippen LogP contribution in [0.4, 0.5) is 0 Å². The van der Waals surface area contributed by atoms with Crippen LogP contribution < -0.4 is 32.8 Å². The van der Waals surface area contributed by atoms with Gasteiger partial charge in [-0.2, -0.15) is 0 Å². The highest BCUT2D eigenvalue weighted by molar-refractivity contribution is 7.03.